The van der Waals surface area contributed by atoms with Crippen molar-refractivity contribution in [3.8, 4) is 16.9 Å². The Bertz CT molecular complexity index is 443. The Labute approximate surface area is 114 Å². The molecule has 0 aliphatic carbocycles. The van der Waals surface area contributed by atoms with Crippen LogP contribution in [0.25, 0.3) is 11.1 Å². The minimum atomic E-state index is 0. The molecule has 0 saturated carbocycles. The van der Waals surface area contributed by atoms with Gasteiger partial charge in [0.05, 0.1) is 0 Å². The first-order valence-corrected chi connectivity index (χ1v) is 5.09. The molecule has 0 heterocycles. The Morgan fingerprint density at radius 1 is 1.06 bits per heavy atom. The van der Waals surface area contributed by atoms with Crippen molar-refractivity contribution in [1.82, 2.24) is 0 Å². The van der Waals surface area contributed by atoms with Gasteiger partial charge in [-0.25, -0.2) is 0 Å². The number of hydrogen-bond acceptors (Lipinski definition) is 2. The van der Waals surface area contributed by atoms with E-state index in [-0.39, 0.29) is 25.7 Å². The van der Waals surface area contributed by atoms with Crippen molar-refractivity contribution in [3.05, 3.63) is 54.6 Å². The number of rotatable bonds is 4. The van der Waals surface area contributed by atoms with Crippen LogP contribution in [0.2, 0.25) is 0 Å². The van der Waals surface area contributed by atoms with Crippen LogP contribution in [0.3, 0.4) is 0 Å². The van der Waals surface area contributed by atoms with Gasteiger partial charge in [-0.05, 0) is 0 Å². The second-order valence-corrected chi connectivity index (χ2v) is 3.33. The number of hydrogen-bond donors (Lipinski definition) is 0. The van der Waals surface area contributed by atoms with E-state index >= 15 is 0 Å². The molecule has 0 radical (unpaired) electrons. The second-order valence-electron chi connectivity index (χ2n) is 3.33. The molecule has 0 atom stereocenters. The van der Waals surface area contributed by atoms with E-state index in [1.165, 1.54) is 0 Å². The van der Waals surface area contributed by atoms with Crippen LogP contribution < -0.4 is 23.6 Å². The normalized spacial score (nSPS) is 9.47. The van der Waals surface area contributed by atoms with Gasteiger partial charge in [0.25, 0.3) is 0 Å². The Balaban J connectivity index is 0.00000144. The van der Waals surface area contributed by atoms with Crippen LogP contribution in [0.5, 0.6) is 5.75 Å². The molecule has 2 rings (SSSR count). The molecule has 0 N–H and O–H groups in total. The zero-order valence-corrected chi connectivity index (χ0v) is 10.1. The fourth-order valence-electron chi connectivity index (χ4n) is 1.50. The van der Waals surface area contributed by atoms with Crippen LogP contribution in [0.15, 0.2) is 48.5 Å². The summed E-state index contributed by atoms with van der Waals surface area (Å²) in [5.74, 6) is 0.718. The Morgan fingerprint density at radius 3 is 2.53 bits per heavy atom. The maximum Gasteiger partial charge on any atom is 1.00 e. The number of methoxy groups -OCH3 is 1. The summed E-state index contributed by atoms with van der Waals surface area (Å²) in [5, 5.41) is 0. The average molecular weight is 220 g/mol. The summed E-state index contributed by atoms with van der Waals surface area (Å²) in [5.41, 5.74) is 2.14. The van der Waals surface area contributed by atoms with Crippen LogP contribution >= 0.6 is 0 Å². The van der Waals surface area contributed by atoms with Gasteiger partial charge in [-0.1, -0.05) is 41.5 Å². The smallest absolute Gasteiger partial charge is 0.493 e. The average Bonchev–Trinajstić information content (AvgIpc) is 2.38. The van der Waals surface area contributed by atoms with E-state index in [2.05, 4.69) is 6.07 Å². The Hall–Kier alpha value is -1.20. The van der Waals surface area contributed by atoms with Crippen LogP contribution in [0.4, 0.5) is 0 Å². The van der Waals surface area contributed by atoms with Gasteiger partial charge in [-0.2, -0.15) is 18.2 Å². The molecule has 2 nitrogen and oxygen atoms in total. The summed E-state index contributed by atoms with van der Waals surface area (Å²) in [7, 11) is 1.60. The molecule has 0 fully saturated rings. The molecule has 0 spiro atoms. The van der Waals surface area contributed by atoms with Gasteiger partial charge in [0.1, 0.15) is 0 Å². The molecule has 3 heteroatoms. The van der Waals surface area contributed by atoms with E-state index in [0.717, 1.165) is 16.9 Å². The molecule has 0 aromatic heterocycles. The third-order valence-corrected chi connectivity index (χ3v) is 2.22. The molecule has 82 valence electrons. The Morgan fingerprint density at radius 2 is 1.82 bits per heavy atom. The van der Waals surface area contributed by atoms with Gasteiger partial charge in [0.2, 0.25) is 0 Å². The van der Waals surface area contributed by atoms with Crippen LogP contribution in [-0.2, 0) is 4.74 Å². The van der Waals surface area contributed by atoms with Crippen molar-refractivity contribution < 1.29 is 28.3 Å². The van der Waals surface area contributed by atoms with Gasteiger partial charge in [-0.15, -0.1) is 6.07 Å². The van der Waals surface area contributed by atoms with E-state index in [0.29, 0.717) is 0 Å². The predicted molar refractivity (Wildman–Crippen MR) is 63.2 cm³/mol. The first kappa shape index (κ1) is 13.9. The third-order valence-electron chi connectivity index (χ3n) is 2.22. The molecule has 2 aromatic carbocycles. The van der Waals surface area contributed by atoms with Gasteiger partial charge in [0.15, 0.2) is 6.79 Å². The maximum atomic E-state index is 5.46. The van der Waals surface area contributed by atoms with Gasteiger partial charge < -0.3 is 9.47 Å². The van der Waals surface area contributed by atoms with Crippen molar-refractivity contribution in [1.29, 1.82) is 0 Å². The van der Waals surface area contributed by atoms with Crippen molar-refractivity contribution in [2.75, 3.05) is 13.9 Å². The van der Waals surface area contributed by atoms with Crippen LogP contribution in [0, 0.1) is 6.07 Å². The molecule has 0 aliphatic heterocycles. The van der Waals surface area contributed by atoms with E-state index in [4.69, 9.17) is 9.47 Å². The summed E-state index contributed by atoms with van der Waals surface area (Å²) in [6, 6.07) is 18.9. The second kappa shape index (κ2) is 7.19. The van der Waals surface area contributed by atoms with Crippen molar-refractivity contribution in [2.24, 2.45) is 0 Å². The molecule has 17 heavy (non-hydrogen) atoms. The standard InChI is InChI=1S/C14H13O2.Li/c1-15-11-16-14-10-6-5-9-13(14)12-7-3-2-4-8-12;/h2-9H,11H2,1H3;/q-1;+1. The molecule has 0 aliphatic rings. The fraction of sp³-hybridized carbons (Fsp3) is 0.143. The number of benzene rings is 2. The summed E-state index contributed by atoms with van der Waals surface area (Å²) >= 11 is 0. The fourth-order valence-corrected chi connectivity index (χ4v) is 1.50. The minimum Gasteiger partial charge on any atom is -0.493 e. The zero-order chi connectivity index (χ0) is 11.2. The van der Waals surface area contributed by atoms with E-state index in [9.17, 15) is 0 Å². The number of para-hydroxylation sites is 1. The molecule has 0 bridgehead atoms. The molecular formula is C14H13LiO2. The van der Waals surface area contributed by atoms with E-state index < -0.39 is 0 Å². The summed E-state index contributed by atoms with van der Waals surface area (Å²) in [4.78, 5) is 0. The van der Waals surface area contributed by atoms with E-state index in [1.807, 2.05) is 48.5 Å². The van der Waals surface area contributed by atoms with Crippen molar-refractivity contribution >= 4 is 0 Å². The minimum absolute atomic E-state index is 0. The molecular weight excluding hydrogens is 207 g/mol. The largest absolute Gasteiger partial charge is 1.00 e. The monoisotopic (exact) mass is 220 g/mol. The van der Waals surface area contributed by atoms with Crippen molar-refractivity contribution in [2.45, 2.75) is 0 Å². The third kappa shape index (κ3) is 3.64. The van der Waals surface area contributed by atoms with Gasteiger partial charge in [0, 0.05) is 12.9 Å². The molecule has 0 saturated heterocycles. The van der Waals surface area contributed by atoms with Crippen LogP contribution in [-0.4, -0.2) is 13.9 Å². The zero-order valence-electron chi connectivity index (χ0n) is 10.1. The maximum absolute atomic E-state index is 5.46. The predicted octanol–water partition coefficient (Wildman–Crippen LogP) is 0.140. The topological polar surface area (TPSA) is 18.5 Å². The first-order valence-electron chi connectivity index (χ1n) is 5.09. The summed E-state index contributed by atoms with van der Waals surface area (Å²) in [6.07, 6.45) is 0. The first-order chi connectivity index (χ1) is 7.92. The van der Waals surface area contributed by atoms with Crippen LogP contribution in [0.1, 0.15) is 0 Å². The SMILES string of the molecule is COCOc1[c-]cccc1-c1ccccc1.[Li+]. The quantitative estimate of drug-likeness (QED) is 0.414. The van der Waals surface area contributed by atoms with Gasteiger partial charge >= 0.3 is 18.9 Å². The summed E-state index contributed by atoms with van der Waals surface area (Å²) in [6.45, 7) is 0.236. The van der Waals surface area contributed by atoms with Crippen molar-refractivity contribution in [3.63, 3.8) is 0 Å². The molecule has 2 aromatic rings. The summed E-state index contributed by atoms with van der Waals surface area (Å²) < 4.78 is 10.4. The molecule has 0 unspecified atom stereocenters. The van der Waals surface area contributed by atoms with Gasteiger partial charge in [-0.3, -0.25) is 0 Å². The number of ether oxygens (including phenoxy) is 2. The molecule has 0 amide bonds. The van der Waals surface area contributed by atoms with E-state index in [1.54, 1.807) is 7.11 Å². The Kier molecular flexibility index (Phi) is 5.86.